The highest BCUT2D eigenvalue weighted by Gasteiger charge is 2.18. The number of thiazole rings is 1. The molecule has 1 heterocycles. The fraction of sp³-hybridized carbons (Fsp3) is 0.568. The highest BCUT2D eigenvalue weighted by atomic mass is 79.9. The average Bonchev–Trinajstić information content (AvgIpc) is 3.39. The van der Waals surface area contributed by atoms with Gasteiger partial charge in [-0.25, -0.2) is 0 Å². The van der Waals surface area contributed by atoms with Crippen molar-refractivity contribution in [3.8, 4) is 11.5 Å². The zero-order chi connectivity index (χ0) is 30.9. The molecule has 0 saturated heterocycles. The summed E-state index contributed by atoms with van der Waals surface area (Å²) in [5.74, 6) is 1.14. The Kier molecular flexibility index (Phi) is 17.7. The lowest BCUT2D eigenvalue weighted by Crippen LogP contribution is -3.00. The second-order valence-electron chi connectivity index (χ2n) is 12.8. The van der Waals surface area contributed by atoms with Crippen molar-refractivity contribution in [3.63, 3.8) is 0 Å². The molecule has 0 unspecified atom stereocenters. The van der Waals surface area contributed by atoms with Crippen molar-refractivity contribution in [2.45, 2.75) is 124 Å². The number of rotatable bonds is 20. The molecular formula is C37H55BrN2O3S. The molecule has 0 fully saturated rings. The van der Waals surface area contributed by atoms with Gasteiger partial charge in [-0.1, -0.05) is 134 Å². The molecule has 1 amide bonds. The molecule has 0 bridgehead atoms. The number of hydrogen-bond acceptors (Lipinski definition) is 4. The molecular weight excluding hydrogens is 632 g/mol. The number of ether oxygens (including phenoxy) is 2. The molecule has 0 saturated carbocycles. The second kappa shape index (κ2) is 20.6. The Labute approximate surface area is 281 Å². The second-order valence-corrected chi connectivity index (χ2v) is 13.9. The number of aryl methyl sites for hydroxylation is 1. The largest absolute Gasteiger partial charge is 1.00 e. The summed E-state index contributed by atoms with van der Waals surface area (Å²) in [6, 6.07) is 14.0. The van der Waals surface area contributed by atoms with Crippen molar-refractivity contribution in [1.82, 2.24) is 0 Å². The highest BCUT2D eigenvalue weighted by Crippen LogP contribution is 2.33. The van der Waals surface area contributed by atoms with Crippen molar-refractivity contribution in [2.75, 3.05) is 18.5 Å². The molecule has 244 valence electrons. The van der Waals surface area contributed by atoms with E-state index in [1.807, 2.05) is 30.3 Å². The van der Waals surface area contributed by atoms with Crippen LogP contribution < -0.4 is 36.3 Å². The third-order valence-corrected chi connectivity index (χ3v) is 8.64. The predicted molar refractivity (Wildman–Crippen MR) is 181 cm³/mol. The summed E-state index contributed by atoms with van der Waals surface area (Å²) >= 11 is 1.71. The number of benzene rings is 2. The standard InChI is InChI=1S/C37H54N2O3S.BrH/c1-6-7-8-9-10-11-12-13-14-15-16-19-24-41-35-25-32(37(3,4)5)22-23-34(35)42-28-36(40)38-33-21-18-17-20-31(33)27-39-26-30(2)43-29-39;/h17-18,20-23,25-26,29H,6-16,19,24,27-28H2,1-5H3;1H. The zero-order valence-electron chi connectivity index (χ0n) is 27.8. The number of carbonyl (C=O) groups excluding carboxylic acids is 1. The van der Waals surface area contributed by atoms with Crippen LogP contribution in [0.25, 0.3) is 0 Å². The quantitative estimate of drug-likeness (QED) is 0.105. The van der Waals surface area contributed by atoms with Gasteiger partial charge in [0.25, 0.3) is 5.91 Å². The molecule has 0 aliphatic heterocycles. The molecule has 3 aromatic rings. The minimum absolute atomic E-state index is 0. The molecule has 0 radical (unpaired) electrons. The summed E-state index contributed by atoms with van der Waals surface area (Å²) in [5.41, 5.74) is 5.13. The summed E-state index contributed by atoms with van der Waals surface area (Å²) in [5, 5.41) is 3.04. The summed E-state index contributed by atoms with van der Waals surface area (Å²) in [6.45, 7) is 12.2. The molecule has 2 aromatic carbocycles. The lowest BCUT2D eigenvalue weighted by atomic mass is 9.87. The van der Waals surface area contributed by atoms with Crippen molar-refractivity contribution < 1.29 is 35.8 Å². The predicted octanol–water partition coefficient (Wildman–Crippen LogP) is 6.79. The third kappa shape index (κ3) is 14.2. The maximum Gasteiger partial charge on any atom is 0.262 e. The summed E-state index contributed by atoms with van der Waals surface area (Å²) in [7, 11) is 0. The van der Waals surface area contributed by atoms with Gasteiger partial charge >= 0.3 is 0 Å². The first-order valence-corrected chi connectivity index (χ1v) is 17.4. The van der Waals surface area contributed by atoms with E-state index in [0.29, 0.717) is 24.7 Å². The normalized spacial score (nSPS) is 11.2. The topological polar surface area (TPSA) is 51.4 Å². The number of anilines is 1. The van der Waals surface area contributed by atoms with Crippen LogP contribution in [0.15, 0.2) is 54.2 Å². The zero-order valence-corrected chi connectivity index (χ0v) is 30.2. The minimum Gasteiger partial charge on any atom is -1.00 e. The van der Waals surface area contributed by atoms with Gasteiger partial charge in [0, 0.05) is 5.56 Å². The molecule has 0 aliphatic rings. The van der Waals surface area contributed by atoms with E-state index in [1.165, 1.54) is 81.1 Å². The smallest absolute Gasteiger partial charge is 0.262 e. The van der Waals surface area contributed by atoms with Gasteiger partial charge in [0.15, 0.2) is 30.8 Å². The minimum atomic E-state index is -0.189. The monoisotopic (exact) mass is 686 g/mol. The Morgan fingerprint density at radius 3 is 2.09 bits per heavy atom. The Balaban J connectivity index is 0.00000675. The third-order valence-electron chi connectivity index (χ3n) is 7.79. The number of unbranched alkanes of at least 4 members (excludes halogenated alkanes) is 11. The van der Waals surface area contributed by atoms with Gasteiger partial charge in [-0.05, 0) is 42.5 Å². The van der Waals surface area contributed by atoms with Crippen molar-refractivity contribution >= 4 is 22.9 Å². The lowest BCUT2D eigenvalue weighted by molar-refractivity contribution is -0.683. The molecule has 0 spiro atoms. The molecule has 44 heavy (non-hydrogen) atoms. The van der Waals surface area contributed by atoms with Crippen LogP contribution in [0, 0.1) is 6.92 Å². The molecule has 0 aliphatic carbocycles. The number of nitrogens with one attached hydrogen (secondary N) is 1. The number of halogens is 1. The number of aromatic nitrogens is 1. The van der Waals surface area contributed by atoms with E-state index in [-0.39, 0.29) is 34.9 Å². The lowest BCUT2D eigenvalue weighted by Gasteiger charge is -2.21. The van der Waals surface area contributed by atoms with Crippen LogP contribution in [0.2, 0.25) is 0 Å². The molecule has 1 N–H and O–H groups in total. The molecule has 7 heteroatoms. The SMILES string of the molecule is CCCCCCCCCCCCCCOc1cc(C(C)(C)C)ccc1OCC(=O)Nc1ccccc1C[n+]1csc(C)c1.[Br-]. The molecule has 3 rings (SSSR count). The van der Waals surface area contributed by atoms with Crippen LogP contribution >= 0.6 is 11.3 Å². The Morgan fingerprint density at radius 1 is 0.841 bits per heavy atom. The molecule has 1 aromatic heterocycles. The molecule has 5 nitrogen and oxygen atoms in total. The van der Waals surface area contributed by atoms with Gasteiger partial charge < -0.3 is 31.8 Å². The van der Waals surface area contributed by atoms with Gasteiger partial charge in [0.1, 0.15) is 0 Å². The summed E-state index contributed by atoms with van der Waals surface area (Å²) < 4.78 is 14.4. The Hall–Kier alpha value is -2.38. The van der Waals surface area contributed by atoms with Crippen LogP contribution in [0.1, 0.15) is 121 Å². The number of carbonyl (C=O) groups is 1. The van der Waals surface area contributed by atoms with Crippen molar-refractivity contribution in [3.05, 3.63) is 70.2 Å². The number of para-hydroxylation sites is 1. The van der Waals surface area contributed by atoms with Gasteiger partial charge in [-0.15, -0.1) is 0 Å². The van der Waals surface area contributed by atoms with Crippen LogP contribution in [0.4, 0.5) is 5.69 Å². The van der Waals surface area contributed by atoms with E-state index in [0.717, 1.165) is 17.7 Å². The first-order valence-electron chi connectivity index (χ1n) is 16.5. The molecule has 0 atom stereocenters. The van der Waals surface area contributed by atoms with Crippen LogP contribution in [0.3, 0.4) is 0 Å². The number of nitrogens with zero attached hydrogens (tertiary/aromatic N) is 1. The number of hydrogen-bond donors (Lipinski definition) is 1. The van der Waals surface area contributed by atoms with E-state index in [2.05, 4.69) is 68.3 Å². The van der Waals surface area contributed by atoms with Gasteiger partial charge in [0.2, 0.25) is 5.51 Å². The fourth-order valence-electron chi connectivity index (χ4n) is 5.17. The fourth-order valence-corrected chi connectivity index (χ4v) is 5.80. The highest BCUT2D eigenvalue weighted by molar-refractivity contribution is 7.09. The van der Waals surface area contributed by atoms with Gasteiger partial charge in [-0.3, -0.25) is 4.79 Å². The van der Waals surface area contributed by atoms with Crippen LogP contribution in [0.5, 0.6) is 11.5 Å². The van der Waals surface area contributed by atoms with Crippen molar-refractivity contribution in [1.29, 1.82) is 0 Å². The van der Waals surface area contributed by atoms with Gasteiger partial charge in [0.05, 0.1) is 17.2 Å². The maximum absolute atomic E-state index is 12.9. The van der Waals surface area contributed by atoms with E-state index in [1.54, 1.807) is 11.3 Å². The first-order chi connectivity index (χ1) is 20.8. The number of amides is 1. The van der Waals surface area contributed by atoms with E-state index in [9.17, 15) is 4.79 Å². The summed E-state index contributed by atoms with van der Waals surface area (Å²) in [4.78, 5) is 14.2. The first kappa shape index (κ1) is 37.8. The van der Waals surface area contributed by atoms with Crippen molar-refractivity contribution in [2.24, 2.45) is 0 Å². The van der Waals surface area contributed by atoms with E-state index < -0.39 is 0 Å². The Morgan fingerprint density at radius 2 is 1.48 bits per heavy atom. The Bertz CT molecular complexity index is 1240. The van der Waals surface area contributed by atoms with E-state index in [4.69, 9.17) is 9.47 Å². The van der Waals surface area contributed by atoms with Crippen LogP contribution in [-0.2, 0) is 16.8 Å². The maximum atomic E-state index is 12.9. The van der Waals surface area contributed by atoms with E-state index >= 15 is 0 Å². The average molecular weight is 688 g/mol. The van der Waals surface area contributed by atoms with Crippen LogP contribution in [-0.4, -0.2) is 19.1 Å². The summed E-state index contributed by atoms with van der Waals surface area (Å²) in [6.07, 6.45) is 17.9. The van der Waals surface area contributed by atoms with Gasteiger partial charge in [-0.2, -0.15) is 4.57 Å².